The van der Waals surface area contributed by atoms with Gasteiger partial charge in [-0.3, -0.25) is 0 Å². The molecule has 124 valence electrons. The van der Waals surface area contributed by atoms with Crippen molar-refractivity contribution in [3.63, 3.8) is 0 Å². The molecule has 3 aromatic rings. The summed E-state index contributed by atoms with van der Waals surface area (Å²) >= 11 is 9.54. The smallest absolute Gasteiger partial charge is 0.231 e. The van der Waals surface area contributed by atoms with E-state index in [0.717, 1.165) is 33.7 Å². The van der Waals surface area contributed by atoms with Crippen molar-refractivity contribution in [2.75, 3.05) is 6.79 Å². The highest BCUT2D eigenvalue weighted by atomic mass is 35.5. The van der Waals surface area contributed by atoms with E-state index in [4.69, 9.17) is 21.1 Å². The quantitative estimate of drug-likeness (QED) is 0.601. The molecule has 0 atom stereocenters. The Labute approximate surface area is 152 Å². The Morgan fingerprint density at radius 2 is 2.25 bits per heavy atom. The fourth-order valence-electron chi connectivity index (χ4n) is 2.52. The molecule has 4 rings (SSSR count). The predicted molar refractivity (Wildman–Crippen MR) is 96.1 cm³/mol. The van der Waals surface area contributed by atoms with Gasteiger partial charge in [-0.1, -0.05) is 29.4 Å². The van der Waals surface area contributed by atoms with Crippen molar-refractivity contribution in [3.8, 4) is 22.2 Å². The summed E-state index contributed by atoms with van der Waals surface area (Å²) in [4.78, 5) is 1.13. The van der Waals surface area contributed by atoms with E-state index >= 15 is 0 Å². The molecule has 0 radical (unpaired) electrons. The first-order chi connectivity index (χ1) is 11.8. The third-order valence-corrected chi connectivity index (χ3v) is 5.81. The first kappa shape index (κ1) is 15.8. The zero-order valence-electron chi connectivity index (χ0n) is 12.9. The van der Waals surface area contributed by atoms with E-state index in [0.29, 0.717) is 16.5 Å². The van der Waals surface area contributed by atoms with Gasteiger partial charge in [-0.05, 0) is 36.1 Å². The number of hydrogen-bond donors (Lipinski definition) is 0. The molecular weight excluding hydrogens is 366 g/mol. The van der Waals surface area contributed by atoms with Crippen LogP contribution in [0.15, 0.2) is 34.8 Å². The summed E-state index contributed by atoms with van der Waals surface area (Å²) in [6, 6.07) is 7.96. The van der Waals surface area contributed by atoms with Crippen LogP contribution in [0.4, 0.5) is 0 Å². The lowest BCUT2D eigenvalue weighted by molar-refractivity contribution is 0.174. The zero-order chi connectivity index (χ0) is 16.5. The van der Waals surface area contributed by atoms with Gasteiger partial charge in [0.1, 0.15) is 0 Å². The number of benzene rings is 1. The highest BCUT2D eigenvalue weighted by Crippen LogP contribution is 2.41. The Bertz CT molecular complexity index is 865. The average Bonchev–Trinajstić information content (AvgIpc) is 3.31. The Morgan fingerprint density at radius 1 is 1.33 bits per heavy atom. The molecule has 0 N–H and O–H groups in total. The van der Waals surface area contributed by atoms with Gasteiger partial charge in [-0.25, -0.2) is 0 Å². The molecule has 0 fully saturated rings. The van der Waals surface area contributed by atoms with Gasteiger partial charge >= 0.3 is 0 Å². The predicted octanol–water partition coefficient (Wildman–Crippen LogP) is 4.70. The molecule has 0 spiro atoms. The standard InChI is InChI=1S/C16H14ClN3O2S2/c1-2-20-15(13-4-3-5-23-13)18-19-16(20)24-8-10-6-11(17)14-12(7-10)21-9-22-14/h3-7H,2,8-9H2,1H3. The maximum absolute atomic E-state index is 6.24. The van der Waals surface area contributed by atoms with Gasteiger partial charge in [0.15, 0.2) is 22.5 Å². The van der Waals surface area contributed by atoms with Gasteiger partial charge in [-0.15, -0.1) is 21.5 Å². The van der Waals surface area contributed by atoms with Gasteiger partial charge < -0.3 is 14.0 Å². The molecule has 0 unspecified atom stereocenters. The van der Waals surface area contributed by atoms with Crippen molar-refractivity contribution in [1.82, 2.24) is 14.8 Å². The molecule has 8 heteroatoms. The summed E-state index contributed by atoms with van der Waals surface area (Å²) in [5, 5.41) is 12.2. The molecule has 24 heavy (non-hydrogen) atoms. The second-order valence-electron chi connectivity index (χ2n) is 5.13. The number of thiophene rings is 1. The van der Waals surface area contributed by atoms with E-state index < -0.39 is 0 Å². The van der Waals surface area contributed by atoms with E-state index in [1.807, 2.05) is 23.6 Å². The van der Waals surface area contributed by atoms with Gasteiger partial charge in [0.25, 0.3) is 0 Å². The molecule has 1 aromatic carbocycles. The molecule has 0 saturated carbocycles. The zero-order valence-corrected chi connectivity index (χ0v) is 15.2. The maximum atomic E-state index is 6.24. The summed E-state index contributed by atoms with van der Waals surface area (Å²) in [7, 11) is 0. The van der Waals surface area contributed by atoms with Gasteiger partial charge in [0.2, 0.25) is 6.79 Å². The summed E-state index contributed by atoms with van der Waals surface area (Å²) in [6.45, 7) is 3.15. The first-order valence-corrected chi connectivity index (χ1v) is 9.68. The number of aromatic nitrogens is 3. The van der Waals surface area contributed by atoms with Crippen molar-refractivity contribution in [3.05, 3.63) is 40.2 Å². The van der Waals surface area contributed by atoms with Crippen molar-refractivity contribution >= 4 is 34.7 Å². The van der Waals surface area contributed by atoms with E-state index in [9.17, 15) is 0 Å². The Morgan fingerprint density at radius 3 is 3.04 bits per heavy atom. The summed E-state index contributed by atoms with van der Waals surface area (Å²) in [5.74, 6) is 2.98. The highest BCUT2D eigenvalue weighted by molar-refractivity contribution is 7.98. The lowest BCUT2D eigenvalue weighted by Crippen LogP contribution is -1.99. The topological polar surface area (TPSA) is 49.2 Å². The van der Waals surface area contributed by atoms with Crippen LogP contribution in [0.2, 0.25) is 5.02 Å². The van der Waals surface area contributed by atoms with Crippen LogP contribution in [0.25, 0.3) is 10.7 Å². The van der Waals surface area contributed by atoms with E-state index in [2.05, 4.69) is 27.8 Å². The number of thioether (sulfide) groups is 1. The van der Waals surface area contributed by atoms with E-state index in [1.54, 1.807) is 23.1 Å². The number of hydrogen-bond acceptors (Lipinski definition) is 6. The first-order valence-electron chi connectivity index (χ1n) is 7.44. The monoisotopic (exact) mass is 379 g/mol. The highest BCUT2D eigenvalue weighted by Gasteiger charge is 2.19. The number of ether oxygens (including phenoxy) is 2. The molecule has 0 amide bonds. The van der Waals surface area contributed by atoms with Crippen LogP contribution in [0.3, 0.4) is 0 Å². The molecule has 3 heterocycles. The fourth-order valence-corrected chi connectivity index (χ4v) is 4.46. The van der Waals surface area contributed by atoms with Crippen LogP contribution in [-0.2, 0) is 12.3 Å². The maximum Gasteiger partial charge on any atom is 0.231 e. The Balaban J connectivity index is 1.55. The molecule has 1 aliphatic rings. The molecule has 0 aliphatic carbocycles. The molecule has 1 aliphatic heterocycles. The molecular formula is C16H14ClN3O2S2. The van der Waals surface area contributed by atoms with Crippen LogP contribution in [0.1, 0.15) is 12.5 Å². The van der Waals surface area contributed by atoms with Crippen LogP contribution >= 0.6 is 34.7 Å². The molecule has 2 aromatic heterocycles. The minimum Gasteiger partial charge on any atom is -0.454 e. The van der Waals surface area contributed by atoms with Crippen molar-refractivity contribution in [1.29, 1.82) is 0 Å². The fraction of sp³-hybridized carbons (Fsp3) is 0.250. The largest absolute Gasteiger partial charge is 0.454 e. The van der Waals surface area contributed by atoms with Crippen molar-refractivity contribution in [2.45, 2.75) is 24.4 Å². The number of rotatable bonds is 5. The second kappa shape index (κ2) is 6.66. The van der Waals surface area contributed by atoms with Crippen LogP contribution in [0, 0.1) is 0 Å². The van der Waals surface area contributed by atoms with Gasteiger partial charge in [0, 0.05) is 12.3 Å². The van der Waals surface area contributed by atoms with Crippen LogP contribution < -0.4 is 9.47 Å². The lowest BCUT2D eigenvalue weighted by atomic mass is 10.2. The summed E-state index contributed by atoms with van der Waals surface area (Å²) in [5.41, 5.74) is 1.07. The Kier molecular flexibility index (Phi) is 4.39. The summed E-state index contributed by atoms with van der Waals surface area (Å²) in [6.07, 6.45) is 0. The minimum atomic E-state index is 0.222. The Hall–Kier alpha value is -1.70. The molecule has 5 nitrogen and oxygen atoms in total. The SMILES string of the molecule is CCn1c(SCc2cc(Cl)c3c(c2)OCO3)nnc1-c1cccs1. The number of fused-ring (bicyclic) bond motifs is 1. The number of halogens is 1. The van der Waals surface area contributed by atoms with Crippen molar-refractivity contribution < 1.29 is 9.47 Å². The van der Waals surface area contributed by atoms with Crippen LogP contribution in [-0.4, -0.2) is 21.6 Å². The average molecular weight is 380 g/mol. The van der Waals surface area contributed by atoms with Gasteiger partial charge in [0.05, 0.1) is 9.90 Å². The third kappa shape index (κ3) is 2.87. The minimum absolute atomic E-state index is 0.222. The van der Waals surface area contributed by atoms with E-state index in [1.165, 1.54) is 0 Å². The van der Waals surface area contributed by atoms with Crippen LogP contribution in [0.5, 0.6) is 11.5 Å². The lowest BCUT2D eigenvalue weighted by Gasteiger charge is -2.07. The summed E-state index contributed by atoms with van der Waals surface area (Å²) < 4.78 is 12.9. The van der Waals surface area contributed by atoms with E-state index in [-0.39, 0.29) is 6.79 Å². The van der Waals surface area contributed by atoms with Crippen molar-refractivity contribution in [2.24, 2.45) is 0 Å². The van der Waals surface area contributed by atoms with Gasteiger partial charge in [-0.2, -0.15) is 0 Å². The number of nitrogens with zero attached hydrogens (tertiary/aromatic N) is 3. The third-order valence-electron chi connectivity index (χ3n) is 3.63. The molecule has 0 saturated heterocycles. The second-order valence-corrected chi connectivity index (χ2v) is 7.43. The normalized spacial score (nSPS) is 12.8. The molecule has 0 bridgehead atoms.